The van der Waals surface area contributed by atoms with Crippen molar-refractivity contribution in [1.82, 2.24) is 20.2 Å². The number of allylic oxidation sites excluding steroid dienone is 6. The number of hydrogen-bond acceptors (Lipinski definition) is 25. The number of amides is 2. The molecular formula is C62H92N6O30P2S4. The zero-order valence-corrected chi connectivity index (χ0v) is 62.5. The summed E-state index contributed by atoms with van der Waals surface area (Å²) in [5.74, 6) is -2.27. The van der Waals surface area contributed by atoms with Crippen LogP contribution >= 0.6 is 15.6 Å². The molecule has 12 N–H and O–H groups in total. The third-order valence-corrected chi connectivity index (χ3v) is 21.8. The number of phosphoric acid groups is 2. The number of hydrogen-bond donors (Lipinski definition) is 11. The second kappa shape index (κ2) is 39.1. The highest BCUT2D eigenvalue weighted by atomic mass is 32.2. The first-order chi connectivity index (χ1) is 48.7. The second-order valence-electron chi connectivity index (χ2n) is 25.1. The molecular weight excluding hydrogens is 1500 g/mol. The molecule has 42 heteroatoms. The van der Waals surface area contributed by atoms with E-state index >= 15 is 0 Å². The van der Waals surface area contributed by atoms with E-state index in [-0.39, 0.29) is 158 Å². The van der Waals surface area contributed by atoms with Crippen molar-refractivity contribution in [3.63, 3.8) is 0 Å². The predicted molar refractivity (Wildman–Crippen MR) is 370 cm³/mol. The van der Waals surface area contributed by atoms with E-state index in [0.717, 1.165) is 10.1 Å². The number of nitrogens with zero attached hydrogens (tertiary/aromatic N) is 3. The summed E-state index contributed by atoms with van der Waals surface area (Å²) >= 11 is 0. The van der Waals surface area contributed by atoms with Crippen molar-refractivity contribution in [1.29, 1.82) is 0 Å². The minimum absolute atomic E-state index is 0.0254. The van der Waals surface area contributed by atoms with Crippen molar-refractivity contribution in [3.8, 4) is 0 Å². The maximum atomic E-state index is 12.8. The van der Waals surface area contributed by atoms with Crippen LogP contribution < -0.4 is 22.1 Å². The Bertz CT molecular complexity index is 4220. The minimum atomic E-state index is -5.29. The number of nitrogens with one attached hydrogen (secondary N) is 2. The number of aryl methyl sites for hydroxylation is 1. The smallest absolute Gasteiger partial charge is 0.470 e. The van der Waals surface area contributed by atoms with Crippen LogP contribution in [0.3, 0.4) is 0 Å². The van der Waals surface area contributed by atoms with Gasteiger partial charge in [0, 0.05) is 73.8 Å². The first-order valence-corrected chi connectivity index (χ1v) is 42.1. The first-order valence-electron chi connectivity index (χ1n) is 33.0. The van der Waals surface area contributed by atoms with E-state index in [9.17, 15) is 90.3 Å². The number of phosphoric ester groups is 2. The summed E-state index contributed by atoms with van der Waals surface area (Å²) in [5.41, 5.74) is 6.68. The van der Waals surface area contributed by atoms with Crippen LogP contribution in [0.4, 0.5) is 11.5 Å². The molecule has 1 aromatic heterocycles. The number of ether oxygens (including phenoxy) is 6. The molecule has 3 heterocycles. The zero-order valence-electron chi connectivity index (χ0n) is 57.4. The van der Waals surface area contributed by atoms with Gasteiger partial charge in [0.05, 0.1) is 86.2 Å². The summed E-state index contributed by atoms with van der Waals surface area (Å²) in [6.45, 7) is 5.24. The van der Waals surface area contributed by atoms with E-state index in [2.05, 4.69) is 24.7 Å². The van der Waals surface area contributed by atoms with Gasteiger partial charge in [-0.3, -0.25) is 36.9 Å². The van der Waals surface area contributed by atoms with Gasteiger partial charge in [-0.05, 0) is 93.7 Å². The van der Waals surface area contributed by atoms with Crippen LogP contribution in [0.15, 0.2) is 93.1 Å². The number of unbranched alkanes of at least 4 members (excludes halogenated alkanes) is 2. The quantitative estimate of drug-likeness (QED) is 0.0127. The topological polar surface area (TPSA) is 552 Å². The Balaban J connectivity index is 0.904. The van der Waals surface area contributed by atoms with Gasteiger partial charge in [0.25, 0.3) is 30.4 Å². The van der Waals surface area contributed by atoms with Crippen molar-refractivity contribution in [2.75, 3.05) is 110 Å². The van der Waals surface area contributed by atoms with Crippen LogP contribution in [0.2, 0.25) is 0 Å². The standard InChI is InChI=1S/C62H92N6O30P2S4/c1-61(23-11-37-101(79,80)81)48(15-7-5-8-16-53-62(2,24-12-38-102(82,83)84)50-40-45(104(88,89)90)19-21-51(50)67(53)27-30-91-3)46(47-20-18-44(39-49(47)61)103(85,86)87)14-6-4-9-17-54(69)65-26-29-93-32-34-95-36-35-94-33-31-92-28-22-55(70)64-25-10-13-43-41-68(60(72)66-58(43)63)59-56(71)57(98-100(76,77)78)52(97-59)42-96-99(73,74)75/h5,7-8,15-16,18-21,39-41,46,52,56-57,59,71H,4,6,9-14,17,22-38,42H2,1-3H3,(H11-,63,64,65,66,69,70,72,73,74,75,76,77,78,79,80,81,82,83,84,85,86,87,88,89,90)/b7-5+,16-8+,48-15-/t46?,52-,56?,57?,59-,61?,62?/m1/s1. The normalized spacial score (nSPS) is 21.4. The predicted octanol–water partition coefficient (Wildman–Crippen LogP) is 2.53. The summed E-state index contributed by atoms with van der Waals surface area (Å²) in [7, 11) is -27.3. The summed E-state index contributed by atoms with van der Waals surface area (Å²) in [5, 5.41) is 16.4. The third-order valence-electron chi connectivity index (χ3n) is 17.5. The summed E-state index contributed by atoms with van der Waals surface area (Å²) in [4.78, 5) is 77.7. The fraction of sp³-hybridized carbons (Fsp3) is 0.597. The molecule has 2 aliphatic heterocycles. The number of carbonyl (C=O) groups is 2. The van der Waals surface area contributed by atoms with Gasteiger partial charge in [-0.1, -0.05) is 55.7 Å². The van der Waals surface area contributed by atoms with Gasteiger partial charge in [0.2, 0.25) is 17.5 Å². The van der Waals surface area contributed by atoms with Crippen LogP contribution in [-0.4, -0.2) is 231 Å². The van der Waals surface area contributed by atoms with E-state index in [1.54, 1.807) is 37.3 Å². The zero-order chi connectivity index (χ0) is 76.9. The number of carbonyl (C=O) groups excluding carboxylic acids is 2. The summed E-state index contributed by atoms with van der Waals surface area (Å²) in [6.07, 6.45) is 5.75. The number of rotatable bonds is 47. The molecule has 1 fully saturated rings. The average molecular weight is 1590 g/mol. The van der Waals surface area contributed by atoms with Gasteiger partial charge in [0.15, 0.2) is 18.5 Å². The van der Waals surface area contributed by atoms with Crippen LogP contribution in [-0.2, 0) is 114 Å². The highest BCUT2D eigenvalue weighted by Gasteiger charge is 2.51. The van der Waals surface area contributed by atoms with Gasteiger partial charge < -0.3 is 74.0 Å². The Morgan fingerprint density at radius 3 is 1.93 bits per heavy atom. The second-order valence-corrected chi connectivity index (χ2v) is 33.5. The van der Waals surface area contributed by atoms with Crippen LogP contribution in [0.1, 0.15) is 119 Å². The molecule has 3 aromatic rings. The van der Waals surface area contributed by atoms with Crippen LogP contribution in [0.5, 0.6) is 0 Å². The molecule has 2 amide bonds. The van der Waals surface area contributed by atoms with Crippen molar-refractivity contribution in [3.05, 3.63) is 111 Å². The summed E-state index contributed by atoms with van der Waals surface area (Å²) < 4.78 is 206. The van der Waals surface area contributed by atoms with Crippen molar-refractivity contribution < 1.29 is 137 Å². The molecule has 1 saturated heterocycles. The van der Waals surface area contributed by atoms with E-state index in [1.807, 2.05) is 17.6 Å². The van der Waals surface area contributed by atoms with Gasteiger partial charge in [-0.15, -0.1) is 0 Å². The maximum Gasteiger partial charge on any atom is 0.470 e. The van der Waals surface area contributed by atoms with Crippen molar-refractivity contribution >= 4 is 85.1 Å². The Kier molecular flexibility index (Phi) is 32.8. The number of benzene rings is 2. The van der Waals surface area contributed by atoms with Gasteiger partial charge in [-0.2, -0.15) is 34.8 Å². The van der Waals surface area contributed by atoms with Crippen molar-refractivity contribution in [2.45, 2.75) is 142 Å². The van der Waals surface area contributed by atoms with Crippen molar-refractivity contribution in [2.24, 2.45) is 0 Å². The lowest BCUT2D eigenvalue weighted by Gasteiger charge is -2.30. The number of fused-ring (bicyclic) bond motifs is 2. The molecule has 104 heavy (non-hydrogen) atoms. The minimum Gasteiger partial charge on any atom is -0.744 e. The lowest BCUT2D eigenvalue weighted by Crippen LogP contribution is -2.38. The molecule has 1 aliphatic carbocycles. The largest absolute Gasteiger partial charge is 0.744 e. The number of methoxy groups -OCH3 is 1. The molecule has 36 nitrogen and oxygen atoms in total. The first kappa shape index (κ1) is 87.4. The Morgan fingerprint density at radius 1 is 0.731 bits per heavy atom. The Labute approximate surface area is 602 Å². The molecule has 5 unspecified atom stereocenters. The average Bonchev–Trinajstić information content (AvgIpc) is 1.58. The Morgan fingerprint density at radius 2 is 1.33 bits per heavy atom. The lowest BCUT2D eigenvalue weighted by atomic mass is 9.74. The fourth-order valence-corrected chi connectivity index (χ4v) is 15.6. The highest BCUT2D eigenvalue weighted by Crippen LogP contribution is 2.55. The molecule has 7 atom stereocenters. The van der Waals surface area contributed by atoms with E-state index in [0.29, 0.717) is 60.2 Å². The molecule has 0 saturated carbocycles. The SMILES string of the molecule is COCC[N+]1=C(/C=C/C=C/C=C2/C(CCCCCC(=O)NCCOCCOCCOCCOCCC(=O)NCCCc3cn([C@@H]4O[C@H](COP(=O)(O)O)C(OP(=O)(O)O)C4O)c(=O)nc3N)c3ccc(S(=O)(=O)[O-])cc3C2(C)CCCS(=O)(=O)O)C(C)(CCCS(=O)(=O)O)c2cc(S(=O)(=O)O)ccc21. The molecule has 0 radical (unpaired) electrons. The lowest BCUT2D eigenvalue weighted by molar-refractivity contribution is -0.441. The Hall–Kier alpha value is -5.47. The molecule has 584 valence electrons. The van der Waals surface area contributed by atoms with Crippen LogP contribution in [0.25, 0.3) is 0 Å². The number of aromatic nitrogens is 2. The maximum absolute atomic E-state index is 12.8. The number of anilines is 1. The summed E-state index contributed by atoms with van der Waals surface area (Å²) in [6, 6.07) is 8.22. The molecule has 3 aliphatic rings. The number of nitrogens with two attached hydrogens (primary N) is 1. The van der Waals surface area contributed by atoms with E-state index in [1.165, 1.54) is 43.6 Å². The molecule has 2 aromatic carbocycles. The number of aliphatic hydroxyl groups excluding tert-OH is 1. The fourth-order valence-electron chi connectivity index (χ4n) is 12.7. The van der Waals surface area contributed by atoms with Gasteiger partial charge in [0.1, 0.15) is 40.9 Å². The van der Waals surface area contributed by atoms with E-state index in [4.69, 9.17) is 43.9 Å². The van der Waals surface area contributed by atoms with Gasteiger partial charge in [-0.25, -0.2) is 22.3 Å². The highest BCUT2D eigenvalue weighted by molar-refractivity contribution is 7.86. The number of nitrogen functional groups attached to an aromatic ring is 1. The van der Waals surface area contributed by atoms with Crippen LogP contribution in [0, 0.1) is 0 Å². The molecule has 0 bridgehead atoms. The molecule has 6 rings (SSSR count). The van der Waals surface area contributed by atoms with E-state index < -0.39 is 120 Å². The third kappa shape index (κ3) is 27.0. The molecule has 0 spiro atoms. The van der Waals surface area contributed by atoms with Gasteiger partial charge >= 0.3 is 21.3 Å². The monoisotopic (exact) mass is 1590 g/mol. The number of aliphatic hydroxyl groups is 1.